The molecule has 2 nitrogen and oxygen atoms in total. The van der Waals surface area contributed by atoms with Crippen LogP contribution in [0.15, 0.2) is 4.76 Å². The topological polar surface area (TPSA) is 15.6 Å². The van der Waals surface area contributed by atoms with E-state index < -0.39 is 4.89 Å². The number of nitrogens with zero attached hydrogens (tertiary/aromatic N) is 2. The van der Waals surface area contributed by atoms with Crippen molar-refractivity contribution in [3.05, 3.63) is 0 Å². The first kappa shape index (κ1) is 12.0. The number of halogens is 2. The van der Waals surface area contributed by atoms with E-state index in [1.807, 2.05) is 25.3 Å². The molecular formula is C4H9Cl2N2PS2. The van der Waals surface area contributed by atoms with Crippen LogP contribution in [0.1, 0.15) is 0 Å². The summed E-state index contributed by atoms with van der Waals surface area (Å²) >= 11 is 17.5. The highest BCUT2D eigenvalue weighted by molar-refractivity contribution is 8.38. The smallest absolute Gasteiger partial charge is 0.228 e. The van der Waals surface area contributed by atoms with E-state index in [2.05, 4.69) is 4.76 Å². The quantitative estimate of drug-likeness (QED) is 0.405. The number of hydrogen-bond donors (Lipinski definition) is 0. The molecule has 66 valence electrons. The van der Waals surface area contributed by atoms with Gasteiger partial charge in [0.25, 0.3) is 0 Å². The molecule has 0 amide bonds. The lowest BCUT2D eigenvalue weighted by molar-refractivity contribution is 0.638. The lowest BCUT2D eigenvalue weighted by Crippen LogP contribution is -2.17. The van der Waals surface area contributed by atoms with Crippen molar-refractivity contribution in [3.63, 3.8) is 0 Å². The number of thioether (sulfide) groups is 1. The highest BCUT2D eigenvalue weighted by Gasteiger charge is 2.08. The standard InChI is InChI=1S/C4H9Cl2N2PS2/c1-8(2)4(11-3)7-9(5,6)10/h1-3H3. The third-order valence-electron chi connectivity index (χ3n) is 0.767. The van der Waals surface area contributed by atoms with E-state index in [4.69, 9.17) is 34.3 Å². The van der Waals surface area contributed by atoms with Crippen molar-refractivity contribution in [3.8, 4) is 0 Å². The molecule has 11 heavy (non-hydrogen) atoms. The Balaban J connectivity index is 4.50. The zero-order valence-corrected chi connectivity index (χ0v) is 10.5. The Hall–Kier alpha value is 1.05. The number of hydrogen-bond acceptors (Lipinski definition) is 2. The van der Waals surface area contributed by atoms with Gasteiger partial charge in [-0.1, -0.05) is 11.8 Å². The van der Waals surface area contributed by atoms with Crippen LogP contribution in [-0.2, 0) is 11.8 Å². The summed E-state index contributed by atoms with van der Waals surface area (Å²) < 4.78 is 3.99. The van der Waals surface area contributed by atoms with Gasteiger partial charge in [0, 0.05) is 14.1 Å². The lowest BCUT2D eigenvalue weighted by Gasteiger charge is -2.13. The molecule has 0 aromatic rings. The first-order valence-corrected chi connectivity index (χ1v) is 8.46. The summed E-state index contributed by atoms with van der Waals surface area (Å²) in [4.78, 5) is -0.659. The predicted octanol–water partition coefficient (Wildman–Crippen LogP) is 2.97. The van der Waals surface area contributed by atoms with Gasteiger partial charge in [-0.2, -0.15) is 4.76 Å². The number of rotatable bonds is 1. The second-order valence-corrected chi connectivity index (χ2v) is 10.0. The van der Waals surface area contributed by atoms with E-state index in [-0.39, 0.29) is 0 Å². The third-order valence-corrected chi connectivity index (χ3v) is 2.84. The molecule has 0 fully saturated rings. The molecule has 0 bridgehead atoms. The molecule has 7 heteroatoms. The molecule has 0 aromatic heterocycles. The van der Waals surface area contributed by atoms with Gasteiger partial charge in [0.05, 0.1) is 0 Å². The first-order valence-electron chi connectivity index (χ1n) is 2.67. The molecule has 0 aliphatic carbocycles. The molecule has 0 heterocycles. The van der Waals surface area contributed by atoms with Gasteiger partial charge >= 0.3 is 0 Å². The van der Waals surface area contributed by atoms with Gasteiger partial charge in [-0.3, -0.25) is 0 Å². The summed E-state index contributed by atoms with van der Waals surface area (Å²) in [5, 5.41) is 0.762. The molecule has 0 saturated carbocycles. The van der Waals surface area contributed by atoms with E-state index in [1.54, 1.807) is 0 Å². The van der Waals surface area contributed by atoms with Crippen LogP contribution >= 0.6 is 39.1 Å². The molecule has 0 aromatic carbocycles. The molecule has 0 unspecified atom stereocenters. The van der Waals surface area contributed by atoms with Crippen molar-refractivity contribution in [2.75, 3.05) is 20.4 Å². The van der Waals surface area contributed by atoms with E-state index in [9.17, 15) is 0 Å². The fourth-order valence-electron chi connectivity index (χ4n) is 0.412. The molecule has 0 atom stereocenters. The predicted molar refractivity (Wildman–Crippen MR) is 60.6 cm³/mol. The Morgan fingerprint density at radius 1 is 1.55 bits per heavy atom. The van der Waals surface area contributed by atoms with Crippen LogP contribution in [-0.4, -0.2) is 30.4 Å². The van der Waals surface area contributed by atoms with Gasteiger partial charge in [0.15, 0.2) is 5.17 Å². The summed E-state index contributed by atoms with van der Waals surface area (Å²) in [6, 6.07) is 0. The lowest BCUT2D eigenvalue weighted by atomic mass is 10.9. The molecule has 0 spiro atoms. The summed E-state index contributed by atoms with van der Waals surface area (Å²) in [6.45, 7) is 0. The summed E-state index contributed by atoms with van der Waals surface area (Å²) in [6.07, 6.45) is 1.90. The van der Waals surface area contributed by atoms with Crippen LogP contribution in [0.25, 0.3) is 0 Å². The van der Waals surface area contributed by atoms with E-state index >= 15 is 0 Å². The Morgan fingerprint density at radius 3 is 2.09 bits per heavy atom. The van der Waals surface area contributed by atoms with Crippen molar-refractivity contribution < 1.29 is 0 Å². The minimum Gasteiger partial charge on any atom is -0.357 e. The van der Waals surface area contributed by atoms with Gasteiger partial charge in [0.2, 0.25) is 4.89 Å². The van der Waals surface area contributed by atoms with Crippen LogP contribution in [0.2, 0.25) is 0 Å². The Bertz CT molecular complexity index is 200. The summed E-state index contributed by atoms with van der Waals surface area (Å²) in [5.74, 6) is 0. The van der Waals surface area contributed by atoms with Crippen molar-refractivity contribution in [2.24, 2.45) is 4.76 Å². The van der Waals surface area contributed by atoms with Gasteiger partial charge < -0.3 is 4.90 Å². The highest BCUT2D eigenvalue weighted by atomic mass is 35.9. The second kappa shape index (κ2) is 4.93. The van der Waals surface area contributed by atoms with Gasteiger partial charge in [-0.05, 0) is 40.5 Å². The largest absolute Gasteiger partial charge is 0.357 e. The Morgan fingerprint density at radius 2 is 2.00 bits per heavy atom. The van der Waals surface area contributed by atoms with Crippen molar-refractivity contribution >= 4 is 56.1 Å². The van der Waals surface area contributed by atoms with Crippen LogP contribution < -0.4 is 0 Å². The van der Waals surface area contributed by atoms with Crippen LogP contribution in [0.4, 0.5) is 0 Å². The summed E-state index contributed by atoms with van der Waals surface area (Å²) in [7, 11) is 3.74. The highest BCUT2D eigenvalue weighted by Crippen LogP contribution is 2.59. The molecule has 0 aliphatic rings. The van der Waals surface area contributed by atoms with Gasteiger partial charge in [0.1, 0.15) is 0 Å². The van der Waals surface area contributed by atoms with Crippen LogP contribution in [0.5, 0.6) is 0 Å². The minimum absolute atomic E-state index is 0.762. The van der Waals surface area contributed by atoms with E-state index in [0.717, 1.165) is 5.17 Å². The molecule has 0 aliphatic heterocycles. The van der Waals surface area contributed by atoms with Gasteiger partial charge in [-0.15, -0.1) is 0 Å². The minimum atomic E-state index is -2.49. The zero-order chi connectivity index (χ0) is 9.07. The van der Waals surface area contributed by atoms with Crippen molar-refractivity contribution in [2.45, 2.75) is 0 Å². The van der Waals surface area contributed by atoms with Crippen molar-refractivity contribution in [1.29, 1.82) is 0 Å². The molecular weight excluding hydrogens is 242 g/mol. The molecule has 0 N–H and O–H groups in total. The molecule has 0 radical (unpaired) electrons. The van der Waals surface area contributed by atoms with Crippen LogP contribution in [0.3, 0.4) is 0 Å². The fraction of sp³-hybridized carbons (Fsp3) is 0.750. The molecule has 0 saturated heterocycles. The number of amidine groups is 1. The first-order chi connectivity index (χ1) is 4.87. The average Bonchev–Trinajstić information content (AvgIpc) is 1.80. The average molecular weight is 251 g/mol. The molecule has 0 rings (SSSR count). The third kappa shape index (κ3) is 6.23. The second-order valence-electron chi connectivity index (χ2n) is 1.92. The fourth-order valence-corrected chi connectivity index (χ4v) is 2.94. The van der Waals surface area contributed by atoms with E-state index in [1.165, 1.54) is 11.8 Å². The van der Waals surface area contributed by atoms with Crippen LogP contribution in [0, 0.1) is 0 Å². The maximum Gasteiger partial charge on any atom is 0.228 e. The normalized spacial score (nSPS) is 13.4. The van der Waals surface area contributed by atoms with E-state index in [0.29, 0.717) is 0 Å². The maximum absolute atomic E-state index is 5.61. The Kier molecular flexibility index (Phi) is 5.40. The zero-order valence-electron chi connectivity index (χ0n) is 6.41. The SMILES string of the molecule is CSC(=NP(=S)(Cl)Cl)N(C)C. The van der Waals surface area contributed by atoms with Crippen molar-refractivity contribution in [1.82, 2.24) is 4.90 Å². The maximum atomic E-state index is 5.61. The summed E-state index contributed by atoms with van der Waals surface area (Å²) in [5.41, 5.74) is 0. The van der Waals surface area contributed by atoms with Gasteiger partial charge in [-0.25, -0.2) is 0 Å². The monoisotopic (exact) mass is 250 g/mol. The Labute approximate surface area is 86.0 Å².